The Morgan fingerprint density at radius 1 is 1.21 bits per heavy atom. The van der Waals surface area contributed by atoms with Gasteiger partial charge in [0.2, 0.25) is 5.82 Å². The van der Waals surface area contributed by atoms with E-state index in [9.17, 15) is 13.9 Å². The minimum atomic E-state index is -1.13. The number of aliphatic hydroxyl groups is 1. The minimum absolute atomic E-state index is 0.0493. The molecule has 0 atom stereocenters. The number of nitrogens with two attached hydrogens (primary N) is 1. The molecule has 3 aromatic rings. The molecule has 1 aliphatic carbocycles. The van der Waals surface area contributed by atoms with Gasteiger partial charge in [0.15, 0.2) is 17.0 Å². The number of nitrogen functional groups attached to an aromatic ring is 1. The molecule has 29 heavy (non-hydrogen) atoms. The number of nitrogens with zero attached hydrogens (tertiary/aromatic N) is 4. The Morgan fingerprint density at radius 2 is 1.93 bits per heavy atom. The summed E-state index contributed by atoms with van der Waals surface area (Å²) in [5.74, 6) is 5.00. The Kier molecular flexibility index (Phi) is 4.71. The van der Waals surface area contributed by atoms with Crippen molar-refractivity contribution in [2.24, 2.45) is 0 Å². The van der Waals surface area contributed by atoms with Gasteiger partial charge in [-0.05, 0) is 49.8 Å². The predicted molar refractivity (Wildman–Crippen MR) is 106 cm³/mol. The number of hydrogen-bond acceptors (Lipinski definition) is 5. The summed E-state index contributed by atoms with van der Waals surface area (Å²) in [5.41, 5.74) is 5.76. The summed E-state index contributed by atoms with van der Waals surface area (Å²) in [4.78, 5) is 13.1. The molecule has 0 saturated heterocycles. The summed E-state index contributed by atoms with van der Waals surface area (Å²) in [6.45, 7) is 3.69. The Bertz CT molecular complexity index is 1150. The highest BCUT2D eigenvalue weighted by atomic mass is 19.1. The molecule has 0 aliphatic heterocycles. The van der Waals surface area contributed by atoms with Gasteiger partial charge in [0.1, 0.15) is 23.1 Å². The summed E-state index contributed by atoms with van der Waals surface area (Å²) in [7, 11) is 0. The van der Waals surface area contributed by atoms with E-state index in [4.69, 9.17) is 5.73 Å². The van der Waals surface area contributed by atoms with Gasteiger partial charge >= 0.3 is 0 Å². The molecule has 1 saturated carbocycles. The topological polar surface area (TPSA) is 89.9 Å². The van der Waals surface area contributed by atoms with Crippen LogP contribution in [0.15, 0.2) is 18.2 Å². The molecule has 0 spiro atoms. The summed E-state index contributed by atoms with van der Waals surface area (Å²) in [6.07, 6.45) is 2.70. The van der Waals surface area contributed by atoms with Gasteiger partial charge in [0.05, 0.1) is 5.56 Å². The van der Waals surface area contributed by atoms with E-state index in [0.717, 1.165) is 31.0 Å². The number of aromatic nitrogens is 4. The SMILES string of the molecule is CCC(O)(C#Cc1nc(N)c2nc(-c3cc(F)ccc3F)n(C3CC3)c2n1)CC. The first-order valence-electron chi connectivity index (χ1n) is 9.61. The van der Waals surface area contributed by atoms with Gasteiger partial charge in [-0.15, -0.1) is 0 Å². The van der Waals surface area contributed by atoms with Crippen LogP contribution in [-0.2, 0) is 0 Å². The van der Waals surface area contributed by atoms with Crippen molar-refractivity contribution < 1.29 is 13.9 Å². The zero-order valence-corrected chi connectivity index (χ0v) is 16.2. The molecule has 0 radical (unpaired) electrons. The number of rotatable bonds is 4. The number of imidazole rings is 1. The molecule has 2 aromatic heterocycles. The van der Waals surface area contributed by atoms with E-state index in [1.165, 1.54) is 0 Å². The molecule has 3 N–H and O–H groups in total. The van der Waals surface area contributed by atoms with E-state index in [0.29, 0.717) is 24.0 Å². The second-order valence-corrected chi connectivity index (χ2v) is 7.25. The first kappa shape index (κ1) is 19.3. The predicted octanol–water partition coefficient (Wildman–Crippen LogP) is 3.59. The van der Waals surface area contributed by atoms with E-state index in [2.05, 4.69) is 26.8 Å². The van der Waals surface area contributed by atoms with Gasteiger partial charge in [0.25, 0.3) is 0 Å². The largest absolute Gasteiger partial charge is 0.382 e. The number of halogens is 2. The standard InChI is InChI=1S/C21H21F2N5O/c1-3-21(29,4-2)10-9-16-25-18(24)17-20(26-16)28(13-6-7-13)19(27-17)14-11-12(22)5-8-15(14)23/h5,8,11,13,29H,3-4,6-7H2,1-2H3,(H2,24,25,26). The van der Waals surface area contributed by atoms with Gasteiger partial charge < -0.3 is 15.4 Å². The molecule has 1 aromatic carbocycles. The fourth-order valence-corrected chi connectivity index (χ4v) is 3.19. The number of fused-ring (bicyclic) bond motifs is 1. The number of anilines is 1. The Labute approximate surface area is 166 Å². The van der Waals surface area contributed by atoms with Crippen molar-refractivity contribution in [1.29, 1.82) is 0 Å². The van der Waals surface area contributed by atoms with Crippen molar-refractivity contribution in [3.63, 3.8) is 0 Å². The summed E-state index contributed by atoms with van der Waals surface area (Å²) in [5, 5.41) is 10.4. The highest BCUT2D eigenvalue weighted by Gasteiger charge is 2.31. The summed E-state index contributed by atoms with van der Waals surface area (Å²) in [6, 6.07) is 3.33. The summed E-state index contributed by atoms with van der Waals surface area (Å²) >= 11 is 0. The third-order valence-corrected chi connectivity index (χ3v) is 5.22. The van der Waals surface area contributed by atoms with Gasteiger partial charge in [-0.1, -0.05) is 19.8 Å². The van der Waals surface area contributed by atoms with Crippen LogP contribution in [-0.4, -0.2) is 30.2 Å². The molecular weight excluding hydrogens is 376 g/mol. The lowest BCUT2D eigenvalue weighted by Gasteiger charge is -2.16. The van der Waals surface area contributed by atoms with Crippen molar-refractivity contribution in [2.45, 2.75) is 51.2 Å². The third-order valence-electron chi connectivity index (χ3n) is 5.22. The van der Waals surface area contributed by atoms with Gasteiger partial charge in [-0.3, -0.25) is 0 Å². The van der Waals surface area contributed by atoms with Gasteiger partial charge in [-0.25, -0.2) is 23.7 Å². The fraction of sp³-hybridized carbons (Fsp3) is 0.381. The number of benzene rings is 1. The molecular formula is C21H21F2N5O. The third kappa shape index (κ3) is 3.54. The molecule has 0 bridgehead atoms. The fourth-order valence-electron chi connectivity index (χ4n) is 3.19. The maximum absolute atomic E-state index is 14.4. The highest BCUT2D eigenvalue weighted by Crippen LogP contribution is 2.41. The molecule has 8 heteroatoms. The maximum atomic E-state index is 14.4. The minimum Gasteiger partial charge on any atom is -0.382 e. The first-order chi connectivity index (χ1) is 13.8. The van der Waals surface area contributed by atoms with Crippen LogP contribution in [0.5, 0.6) is 0 Å². The molecule has 6 nitrogen and oxygen atoms in total. The molecule has 0 unspecified atom stereocenters. The zero-order chi connectivity index (χ0) is 20.8. The lowest BCUT2D eigenvalue weighted by molar-refractivity contribution is 0.0931. The van der Waals surface area contributed by atoms with Crippen LogP contribution >= 0.6 is 0 Å². The molecule has 2 heterocycles. The highest BCUT2D eigenvalue weighted by molar-refractivity contribution is 5.86. The van der Waals surface area contributed by atoms with Gasteiger partial charge in [-0.2, -0.15) is 0 Å². The van der Waals surface area contributed by atoms with E-state index in [1.54, 1.807) is 4.57 Å². The molecule has 1 fully saturated rings. The van der Waals surface area contributed by atoms with Crippen LogP contribution in [0.3, 0.4) is 0 Å². The van der Waals surface area contributed by atoms with Crippen LogP contribution in [0.25, 0.3) is 22.6 Å². The molecule has 150 valence electrons. The number of hydrogen-bond donors (Lipinski definition) is 2. The zero-order valence-electron chi connectivity index (χ0n) is 16.2. The van der Waals surface area contributed by atoms with Crippen LogP contribution < -0.4 is 5.73 Å². The molecule has 0 amide bonds. The van der Waals surface area contributed by atoms with E-state index < -0.39 is 17.2 Å². The van der Waals surface area contributed by atoms with Crippen LogP contribution in [0.4, 0.5) is 14.6 Å². The molecule has 4 rings (SSSR count). The second kappa shape index (κ2) is 7.08. The van der Waals surface area contributed by atoms with E-state index in [-0.39, 0.29) is 29.1 Å². The van der Waals surface area contributed by atoms with Gasteiger partial charge in [0, 0.05) is 6.04 Å². The van der Waals surface area contributed by atoms with Crippen LogP contribution in [0, 0.1) is 23.5 Å². The quantitative estimate of drug-likeness (QED) is 0.657. The second-order valence-electron chi connectivity index (χ2n) is 7.25. The monoisotopic (exact) mass is 397 g/mol. The van der Waals surface area contributed by atoms with Crippen molar-refractivity contribution in [3.05, 3.63) is 35.7 Å². The van der Waals surface area contributed by atoms with Crippen LogP contribution in [0.1, 0.15) is 51.4 Å². The molecule has 1 aliphatic rings. The Morgan fingerprint density at radius 3 is 2.59 bits per heavy atom. The van der Waals surface area contributed by atoms with Crippen molar-refractivity contribution in [2.75, 3.05) is 5.73 Å². The lowest BCUT2D eigenvalue weighted by atomic mass is 9.98. The summed E-state index contributed by atoms with van der Waals surface area (Å²) < 4.78 is 30.0. The smallest absolute Gasteiger partial charge is 0.209 e. The van der Waals surface area contributed by atoms with E-state index >= 15 is 0 Å². The Balaban J connectivity index is 1.91. The maximum Gasteiger partial charge on any atom is 0.209 e. The normalized spacial score (nSPS) is 14.1. The van der Waals surface area contributed by atoms with Crippen molar-refractivity contribution >= 4 is 17.0 Å². The van der Waals surface area contributed by atoms with E-state index in [1.807, 2.05) is 13.8 Å². The average Bonchev–Trinajstić information content (AvgIpc) is 3.48. The van der Waals surface area contributed by atoms with Crippen molar-refractivity contribution in [1.82, 2.24) is 19.5 Å². The average molecular weight is 397 g/mol. The Hall–Kier alpha value is -3.05. The van der Waals surface area contributed by atoms with Crippen molar-refractivity contribution in [3.8, 4) is 23.2 Å². The lowest BCUT2D eigenvalue weighted by Crippen LogP contribution is -2.23. The van der Waals surface area contributed by atoms with Crippen LogP contribution in [0.2, 0.25) is 0 Å². The first-order valence-corrected chi connectivity index (χ1v) is 9.61.